The first-order valence-electron chi connectivity index (χ1n) is 5.34. The van der Waals surface area contributed by atoms with E-state index in [1.54, 1.807) is 0 Å². The van der Waals surface area contributed by atoms with E-state index in [4.69, 9.17) is 0 Å². The van der Waals surface area contributed by atoms with Crippen LogP contribution in [0.4, 0.5) is 5.82 Å². The zero-order valence-electron chi connectivity index (χ0n) is 9.57. The van der Waals surface area contributed by atoms with Crippen molar-refractivity contribution in [3.63, 3.8) is 0 Å². The van der Waals surface area contributed by atoms with Crippen LogP contribution in [0.25, 0.3) is 0 Å². The second kappa shape index (κ2) is 4.75. The molecule has 1 N–H and O–H groups in total. The minimum absolute atomic E-state index is 0.790. The quantitative estimate of drug-likeness (QED) is 0.851. The molecule has 3 nitrogen and oxygen atoms in total. The molecule has 1 aromatic carbocycles. The van der Waals surface area contributed by atoms with E-state index >= 15 is 0 Å². The van der Waals surface area contributed by atoms with Crippen molar-refractivity contribution in [1.82, 2.24) is 9.97 Å². The van der Waals surface area contributed by atoms with E-state index in [2.05, 4.69) is 27.4 Å². The molecule has 0 aliphatic carbocycles. The Morgan fingerprint density at radius 3 is 2.62 bits per heavy atom. The third kappa shape index (κ3) is 2.57. The molecular weight excluding hydrogens is 198 g/mol. The van der Waals surface area contributed by atoms with Crippen LogP contribution in [-0.4, -0.2) is 9.97 Å². The predicted octanol–water partition coefficient (Wildman–Crippen LogP) is 2.71. The van der Waals surface area contributed by atoms with Crippen LogP contribution in [0.1, 0.15) is 17.0 Å². The van der Waals surface area contributed by atoms with Gasteiger partial charge in [0.05, 0.1) is 0 Å². The number of nitrogens with one attached hydrogen (secondary N) is 1. The lowest BCUT2D eigenvalue weighted by Crippen LogP contribution is -2.04. The van der Waals surface area contributed by atoms with Gasteiger partial charge in [-0.1, -0.05) is 30.3 Å². The van der Waals surface area contributed by atoms with Crippen LogP contribution in [0.2, 0.25) is 0 Å². The number of aryl methyl sites for hydroxylation is 2. The minimum Gasteiger partial charge on any atom is -0.366 e. The molecule has 1 heterocycles. The van der Waals surface area contributed by atoms with Crippen LogP contribution >= 0.6 is 0 Å². The Hall–Kier alpha value is -1.90. The molecule has 0 spiro atoms. The monoisotopic (exact) mass is 213 g/mol. The molecule has 0 fully saturated rings. The topological polar surface area (TPSA) is 37.8 Å². The summed E-state index contributed by atoms with van der Waals surface area (Å²) in [5.41, 5.74) is 2.32. The summed E-state index contributed by atoms with van der Waals surface area (Å²) in [5, 5.41) is 3.32. The maximum atomic E-state index is 4.37. The van der Waals surface area contributed by atoms with Crippen LogP contribution in [0.3, 0.4) is 0 Å². The molecule has 0 aliphatic heterocycles. The fourth-order valence-electron chi connectivity index (χ4n) is 1.49. The lowest BCUT2D eigenvalue weighted by Gasteiger charge is -2.08. The number of nitrogens with zero attached hydrogens (tertiary/aromatic N) is 2. The molecule has 0 amide bonds. The molecule has 0 unspecified atom stereocenters. The van der Waals surface area contributed by atoms with Gasteiger partial charge in [0.25, 0.3) is 0 Å². The van der Waals surface area contributed by atoms with Gasteiger partial charge in [-0.15, -0.1) is 0 Å². The molecule has 0 atom stereocenters. The zero-order valence-corrected chi connectivity index (χ0v) is 9.57. The molecular formula is C13H15N3. The van der Waals surface area contributed by atoms with E-state index in [0.29, 0.717) is 0 Å². The van der Waals surface area contributed by atoms with E-state index in [9.17, 15) is 0 Å². The first-order chi connectivity index (χ1) is 7.75. The highest BCUT2D eigenvalue weighted by Crippen LogP contribution is 2.11. The van der Waals surface area contributed by atoms with Crippen LogP contribution in [0, 0.1) is 13.8 Å². The summed E-state index contributed by atoms with van der Waals surface area (Å²) in [7, 11) is 0. The molecule has 1 aromatic heterocycles. The molecule has 3 heteroatoms. The van der Waals surface area contributed by atoms with Gasteiger partial charge in [-0.2, -0.15) is 0 Å². The molecule has 2 rings (SSSR count). The fourth-order valence-corrected chi connectivity index (χ4v) is 1.49. The lowest BCUT2D eigenvalue weighted by molar-refractivity contribution is 1.00. The van der Waals surface area contributed by atoms with Crippen LogP contribution < -0.4 is 5.32 Å². The highest BCUT2D eigenvalue weighted by molar-refractivity contribution is 5.42. The Morgan fingerprint density at radius 1 is 1.12 bits per heavy atom. The third-order valence-corrected chi connectivity index (χ3v) is 2.39. The van der Waals surface area contributed by atoms with Crippen molar-refractivity contribution in [1.29, 1.82) is 0 Å². The molecule has 82 valence electrons. The smallest absolute Gasteiger partial charge is 0.132 e. The number of anilines is 1. The fraction of sp³-hybridized carbons (Fsp3) is 0.231. The van der Waals surface area contributed by atoms with Crippen molar-refractivity contribution >= 4 is 5.82 Å². The molecule has 0 radical (unpaired) electrons. The second-order valence-corrected chi connectivity index (χ2v) is 3.79. The molecule has 2 aromatic rings. The first-order valence-corrected chi connectivity index (χ1v) is 5.34. The molecule has 0 bridgehead atoms. The van der Waals surface area contributed by atoms with Gasteiger partial charge in [0.2, 0.25) is 0 Å². The van der Waals surface area contributed by atoms with E-state index in [0.717, 1.165) is 23.8 Å². The predicted molar refractivity (Wildman–Crippen MR) is 65.3 cm³/mol. The Kier molecular flexibility index (Phi) is 3.15. The van der Waals surface area contributed by atoms with Gasteiger partial charge >= 0.3 is 0 Å². The Balaban J connectivity index is 2.08. The number of hydrogen-bond donors (Lipinski definition) is 1. The van der Waals surface area contributed by atoms with Crippen molar-refractivity contribution in [3.8, 4) is 0 Å². The van der Waals surface area contributed by atoms with Crippen LogP contribution in [-0.2, 0) is 6.54 Å². The van der Waals surface area contributed by atoms with Crippen LogP contribution in [0.15, 0.2) is 36.5 Å². The van der Waals surface area contributed by atoms with Gasteiger partial charge in [0.1, 0.15) is 11.6 Å². The van der Waals surface area contributed by atoms with Crippen molar-refractivity contribution in [2.24, 2.45) is 0 Å². The van der Waals surface area contributed by atoms with Gasteiger partial charge in [-0.05, 0) is 19.4 Å². The summed E-state index contributed by atoms with van der Waals surface area (Å²) >= 11 is 0. The molecule has 0 saturated carbocycles. The van der Waals surface area contributed by atoms with E-state index < -0.39 is 0 Å². The van der Waals surface area contributed by atoms with E-state index in [-0.39, 0.29) is 0 Å². The summed E-state index contributed by atoms with van der Waals surface area (Å²) in [5.74, 6) is 1.71. The van der Waals surface area contributed by atoms with Crippen molar-refractivity contribution in [2.45, 2.75) is 20.4 Å². The number of hydrogen-bond acceptors (Lipinski definition) is 3. The standard InChI is InChI=1S/C13H15N3/c1-10-8-14-11(2)16-13(10)15-9-12-6-4-3-5-7-12/h3-8H,9H2,1-2H3,(H,14,15,16). The first kappa shape index (κ1) is 10.6. The zero-order chi connectivity index (χ0) is 11.4. The summed E-state index contributed by atoms with van der Waals surface area (Å²) in [4.78, 5) is 8.51. The molecule has 16 heavy (non-hydrogen) atoms. The maximum absolute atomic E-state index is 4.37. The van der Waals surface area contributed by atoms with Crippen LogP contribution in [0.5, 0.6) is 0 Å². The SMILES string of the molecule is Cc1ncc(C)c(NCc2ccccc2)n1. The van der Waals surface area contributed by atoms with Gasteiger partial charge in [0.15, 0.2) is 0 Å². The third-order valence-electron chi connectivity index (χ3n) is 2.39. The Labute approximate surface area is 95.6 Å². The highest BCUT2D eigenvalue weighted by atomic mass is 15.0. The van der Waals surface area contributed by atoms with E-state index in [1.807, 2.05) is 38.2 Å². The molecule has 0 saturated heterocycles. The average molecular weight is 213 g/mol. The van der Waals surface area contributed by atoms with Gasteiger partial charge in [0, 0.05) is 18.3 Å². The second-order valence-electron chi connectivity index (χ2n) is 3.79. The highest BCUT2D eigenvalue weighted by Gasteiger charge is 2.00. The van der Waals surface area contributed by atoms with Crippen molar-refractivity contribution in [3.05, 3.63) is 53.5 Å². The summed E-state index contributed by atoms with van der Waals surface area (Å²) < 4.78 is 0. The van der Waals surface area contributed by atoms with E-state index in [1.165, 1.54) is 5.56 Å². The summed E-state index contributed by atoms with van der Waals surface area (Å²) in [6.45, 7) is 4.69. The van der Waals surface area contributed by atoms with Crippen molar-refractivity contribution < 1.29 is 0 Å². The van der Waals surface area contributed by atoms with Crippen molar-refractivity contribution in [2.75, 3.05) is 5.32 Å². The summed E-state index contributed by atoms with van der Waals surface area (Å²) in [6, 6.07) is 10.3. The Morgan fingerprint density at radius 2 is 1.88 bits per heavy atom. The summed E-state index contributed by atoms with van der Waals surface area (Å²) in [6.07, 6.45) is 1.84. The minimum atomic E-state index is 0.790. The van der Waals surface area contributed by atoms with Gasteiger partial charge < -0.3 is 5.32 Å². The number of aromatic nitrogens is 2. The Bertz CT molecular complexity index is 466. The lowest BCUT2D eigenvalue weighted by atomic mass is 10.2. The normalized spacial score (nSPS) is 10.1. The van der Waals surface area contributed by atoms with Gasteiger partial charge in [-0.25, -0.2) is 9.97 Å². The number of rotatable bonds is 3. The number of benzene rings is 1. The largest absolute Gasteiger partial charge is 0.366 e. The molecule has 0 aliphatic rings. The van der Waals surface area contributed by atoms with Gasteiger partial charge in [-0.3, -0.25) is 0 Å². The average Bonchev–Trinajstić information content (AvgIpc) is 2.32. The maximum Gasteiger partial charge on any atom is 0.132 e.